The number of nitrogens with one attached hydrogen (secondary N) is 3. The molecule has 3 N–H and O–H groups in total. The van der Waals surface area contributed by atoms with E-state index in [1.54, 1.807) is 0 Å². The van der Waals surface area contributed by atoms with Crippen molar-refractivity contribution in [3.8, 4) is 0 Å². The van der Waals surface area contributed by atoms with Crippen LogP contribution < -0.4 is 16.0 Å². The van der Waals surface area contributed by atoms with Gasteiger partial charge in [-0.05, 0) is 43.9 Å². The lowest BCUT2D eigenvalue weighted by Gasteiger charge is -2.21. The largest absolute Gasteiger partial charge is 0.335 e. The van der Waals surface area contributed by atoms with E-state index in [4.69, 9.17) is 0 Å². The van der Waals surface area contributed by atoms with Gasteiger partial charge in [0.15, 0.2) is 0 Å². The van der Waals surface area contributed by atoms with Crippen LogP contribution in [0.4, 0.5) is 20.6 Å². The van der Waals surface area contributed by atoms with Crippen LogP contribution in [0, 0.1) is 17.7 Å². The number of hydrogen-bond acceptors (Lipinski definition) is 2. The van der Waals surface area contributed by atoms with Gasteiger partial charge in [-0.2, -0.15) is 0 Å². The van der Waals surface area contributed by atoms with Crippen molar-refractivity contribution in [2.45, 2.75) is 58.9 Å². The number of halogens is 1. The molecule has 25 heavy (non-hydrogen) atoms. The Bertz CT molecular complexity index is 613. The van der Waals surface area contributed by atoms with Crippen LogP contribution in [-0.2, 0) is 4.79 Å². The minimum absolute atomic E-state index is 0.0194. The zero-order chi connectivity index (χ0) is 18.4. The lowest BCUT2D eigenvalue weighted by atomic mass is 9.88. The van der Waals surface area contributed by atoms with E-state index in [0.29, 0.717) is 11.6 Å². The first kappa shape index (κ1) is 19.2. The van der Waals surface area contributed by atoms with Crippen molar-refractivity contribution in [3.63, 3.8) is 0 Å². The topological polar surface area (TPSA) is 70.2 Å². The molecule has 1 saturated carbocycles. The first-order valence-electron chi connectivity index (χ1n) is 9.04. The molecule has 3 amide bonds. The molecule has 1 fully saturated rings. The molecule has 5 nitrogen and oxygen atoms in total. The highest BCUT2D eigenvalue weighted by atomic mass is 19.1. The Balaban J connectivity index is 1.99. The fourth-order valence-corrected chi connectivity index (χ4v) is 2.84. The Hall–Kier alpha value is -2.11. The normalized spacial score (nSPS) is 16.4. The Labute approximate surface area is 148 Å². The van der Waals surface area contributed by atoms with E-state index in [0.717, 1.165) is 32.1 Å². The van der Waals surface area contributed by atoms with Crippen LogP contribution >= 0.6 is 0 Å². The molecule has 1 aromatic carbocycles. The molecule has 1 aliphatic rings. The molecule has 0 bridgehead atoms. The predicted molar refractivity (Wildman–Crippen MR) is 98.1 cm³/mol. The number of rotatable bonds is 5. The van der Waals surface area contributed by atoms with E-state index >= 15 is 0 Å². The standard InChI is InChI=1S/C19H28FN3O2/c1-12(2)13(3)21-19(25)22-15-9-10-16(20)17(11-15)23-18(24)14-7-5-4-6-8-14/h9-14H,4-8H2,1-3H3,(H,23,24)(H2,21,22,25)/t13-/m1/s1. The molecule has 6 heteroatoms. The minimum atomic E-state index is -0.509. The van der Waals surface area contributed by atoms with Gasteiger partial charge in [0, 0.05) is 17.6 Å². The van der Waals surface area contributed by atoms with Gasteiger partial charge in [0.25, 0.3) is 0 Å². The summed E-state index contributed by atoms with van der Waals surface area (Å²) in [5.74, 6) is -0.399. The highest BCUT2D eigenvalue weighted by Gasteiger charge is 2.22. The van der Waals surface area contributed by atoms with Crippen LogP contribution in [0.2, 0.25) is 0 Å². The second-order valence-corrected chi connectivity index (χ2v) is 7.15. The van der Waals surface area contributed by atoms with Crippen LogP contribution in [0.3, 0.4) is 0 Å². The average molecular weight is 349 g/mol. The lowest BCUT2D eigenvalue weighted by molar-refractivity contribution is -0.120. The van der Waals surface area contributed by atoms with E-state index in [2.05, 4.69) is 16.0 Å². The van der Waals surface area contributed by atoms with Crippen LogP contribution in [0.25, 0.3) is 0 Å². The Morgan fingerprint density at radius 1 is 1.08 bits per heavy atom. The molecule has 0 heterocycles. The minimum Gasteiger partial charge on any atom is -0.335 e. The number of hydrogen-bond donors (Lipinski definition) is 3. The van der Waals surface area contributed by atoms with Gasteiger partial charge in [-0.3, -0.25) is 4.79 Å². The van der Waals surface area contributed by atoms with Crippen molar-refractivity contribution >= 4 is 23.3 Å². The molecule has 1 aromatic rings. The number of urea groups is 1. The Morgan fingerprint density at radius 2 is 1.76 bits per heavy atom. The van der Waals surface area contributed by atoms with Gasteiger partial charge >= 0.3 is 6.03 Å². The molecule has 0 unspecified atom stereocenters. The average Bonchev–Trinajstić information content (AvgIpc) is 2.58. The summed E-state index contributed by atoms with van der Waals surface area (Å²) in [6, 6.07) is 3.85. The summed E-state index contributed by atoms with van der Waals surface area (Å²) in [4.78, 5) is 24.3. The summed E-state index contributed by atoms with van der Waals surface area (Å²) < 4.78 is 14.0. The highest BCUT2D eigenvalue weighted by molar-refractivity contribution is 5.94. The fraction of sp³-hybridized carbons (Fsp3) is 0.579. The van der Waals surface area contributed by atoms with Gasteiger partial charge in [0.2, 0.25) is 5.91 Å². The van der Waals surface area contributed by atoms with Crippen molar-refractivity contribution in [1.29, 1.82) is 0 Å². The number of amides is 3. The molecule has 0 aliphatic heterocycles. The van der Waals surface area contributed by atoms with E-state index in [1.807, 2.05) is 20.8 Å². The SMILES string of the molecule is CC(C)[C@@H](C)NC(=O)Nc1ccc(F)c(NC(=O)C2CCCCC2)c1. The second-order valence-electron chi connectivity index (χ2n) is 7.15. The van der Waals surface area contributed by atoms with Gasteiger partial charge < -0.3 is 16.0 Å². The number of carbonyl (C=O) groups excluding carboxylic acids is 2. The molecule has 2 rings (SSSR count). The summed E-state index contributed by atoms with van der Waals surface area (Å²) in [7, 11) is 0. The maximum atomic E-state index is 14.0. The van der Waals surface area contributed by atoms with E-state index < -0.39 is 5.82 Å². The van der Waals surface area contributed by atoms with Gasteiger partial charge in [-0.25, -0.2) is 9.18 Å². The van der Waals surface area contributed by atoms with Crippen molar-refractivity contribution in [1.82, 2.24) is 5.32 Å². The zero-order valence-corrected chi connectivity index (χ0v) is 15.2. The summed E-state index contributed by atoms with van der Waals surface area (Å²) in [5, 5.41) is 8.17. The summed E-state index contributed by atoms with van der Waals surface area (Å²) >= 11 is 0. The molecular formula is C19H28FN3O2. The molecule has 1 atom stereocenters. The van der Waals surface area contributed by atoms with Crippen LogP contribution in [0.5, 0.6) is 0 Å². The van der Waals surface area contributed by atoms with Gasteiger partial charge in [-0.15, -0.1) is 0 Å². The maximum Gasteiger partial charge on any atom is 0.319 e. The molecule has 138 valence electrons. The van der Waals surface area contributed by atoms with Gasteiger partial charge in [0.05, 0.1) is 5.69 Å². The molecule has 0 saturated heterocycles. The van der Waals surface area contributed by atoms with Gasteiger partial charge in [-0.1, -0.05) is 33.1 Å². The Morgan fingerprint density at radius 3 is 2.40 bits per heavy atom. The molecule has 0 radical (unpaired) electrons. The van der Waals surface area contributed by atoms with E-state index in [9.17, 15) is 14.0 Å². The lowest BCUT2D eigenvalue weighted by Crippen LogP contribution is -2.39. The monoisotopic (exact) mass is 349 g/mol. The third-order valence-electron chi connectivity index (χ3n) is 4.82. The van der Waals surface area contributed by atoms with Crippen LogP contribution in [0.1, 0.15) is 52.9 Å². The van der Waals surface area contributed by atoms with Crippen LogP contribution in [0.15, 0.2) is 18.2 Å². The predicted octanol–water partition coefficient (Wildman–Crippen LogP) is 4.51. The molecule has 0 aromatic heterocycles. The number of anilines is 2. The van der Waals surface area contributed by atoms with Gasteiger partial charge in [0.1, 0.15) is 5.82 Å². The van der Waals surface area contributed by atoms with E-state index in [1.165, 1.54) is 18.2 Å². The van der Waals surface area contributed by atoms with Crippen LogP contribution in [-0.4, -0.2) is 18.0 Å². The Kier molecular flexibility index (Phi) is 6.79. The van der Waals surface area contributed by atoms with E-state index in [-0.39, 0.29) is 29.6 Å². The molecular weight excluding hydrogens is 321 g/mol. The van der Waals surface area contributed by atoms with Crippen molar-refractivity contribution < 1.29 is 14.0 Å². The van der Waals surface area contributed by atoms with Crippen molar-refractivity contribution in [3.05, 3.63) is 24.0 Å². The molecule has 1 aliphatic carbocycles. The first-order valence-corrected chi connectivity index (χ1v) is 9.04. The number of benzene rings is 1. The molecule has 0 spiro atoms. The second kappa shape index (κ2) is 8.83. The summed E-state index contributed by atoms with van der Waals surface area (Å²) in [6.45, 7) is 5.95. The smallest absolute Gasteiger partial charge is 0.319 e. The zero-order valence-electron chi connectivity index (χ0n) is 15.2. The first-order chi connectivity index (χ1) is 11.9. The third kappa shape index (κ3) is 5.73. The third-order valence-corrected chi connectivity index (χ3v) is 4.82. The fourth-order valence-electron chi connectivity index (χ4n) is 2.84. The summed E-state index contributed by atoms with van der Waals surface area (Å²) in [5.41, 5.74) is 0.541. The summed E-state index contributed by atoms with van der Waals surface area (Å²) in [6.07, 6.45) is 4.93. The van der Waals surface area contributed by atoms with Crippen molar-refractivity contribution in [2.75, 3.05) is 10.6 Å². The van der Waals surface area contributed by atoms with Crippen molar-refractivity contribution in [2.24, 2.45) is 11.8 Å². The maximum absolute atomic E-state index is 14.0. The highest BCUT2D eigenvalue weighted by Crippen LogP contribution is 2.26. The quantitative estimate of drug-likeness (QED) is 0.732. The number of carbonyl (C=O) groups is 2.